The molecule has 55 heavy (non-hydrogen) atoms. The maximum atomic E-state index is 14.3. The third kappa shape index (κ3) is 7.92. The number of anilines is 2. The molecule has 0 spiro atoms. The molecule has 2 amide bonds. The van der Waals surface area contributed by atoms with Gasteiger partial charge in [-0.3, -0.25) is 14.4 Å². The maximum absolute atomic E-state index is 14.3. The molecule has 0 unspecified atom stereocenters. The van der Waals surface area contributed by atoms with Crippen molar-refractivity contribution < 1.29 is 32.2 Å². The van der Waals surface area contributed by atoms with Crippen molar-refractivity contribution in [1.82, 2.24) is 34.0 Å². The number of thiophene rings is 1. The van der Waals surface area contributed by atoms with Crippen molar-refractivity contribution in [3.05, 3.63) is 96.8 Å². The largest absolute Gasteiger partial charge is 0.485 e. The number of halogens is 4. The first-order chi connectivity index (χ1) is 26.4. The van der Waals surface area contributed by atoms with Crippen molar-refractivity contribution in [3.63, 3.8) is 0 Å². The molecule has 0 radical (unpaired) electrons. The van der Waals surface area contributed by atoms with Crippen LogP contribution in [0.4, 0.5) is 24.5 Å². The smallest absolute Gasteiger partial charge is 0.425 e. The Kier molecular flexibility index (Phi) is 10.9. The Balaban J connectivity index is 1.18. The van der Waals surface area contributed by atoms with E-state index in [0.29, 0.717) is 53.9 Å². The predicted molar refractivity (Wildman–Crippen MR) is 199 cm³/mol. The summed E-state index contributed by atoms with van der Waals surface area (Å²) in [6.07, 6.45) is -0.695. The van der Waals surface area contributed by atoms with Crippen LogP contribution < -0.4 is 20.5 Å². The summed E-state index contributed by atoms with van der Waals surface area (Å²) in [5.41, 5.74) is 2.42. The summed E-state index contributed by atoms with van der Waals surface area (Å²) < 4.78 is 54.1. The predicted octanol–water partition coefficient (Wildman–Crippen LogP) is 5.27. The number of benzene rings is 1. The van der Waals surface area contributed by atoms with Crippen LogP contribution in [0.2, 0.25) is 4.34 Å². The Morgan fingerprint density at radius 1 is 1.11 bits per heavy atom. The molecule has 0 bridgehead atoms. The van der Waals surface area contributed by atoms with Crippen molar-refractivity contribution in [3.8, 4) is 5.75 Å². The van der Waals surface area contributed by atoms with E-state index in [1.54, 1.807) is 16.4 Å². The summed E-state index contributed by atoms with van der Waals surface area (Å²) in [7, 11) is 0. The number of aryl methyl sites for hydroxylation is 1. The van der Waals surface area contributed by atoms with E-state index in [1.165, 1.54) is 6.33 Å². The zero-order chi connectivity index (χ0) is 38.9. The molecule has 1 fully saturated rings. The molecular formula is C36H35ClF3N9O5S. The molecule has 4 aromatic heterocycles. The van der Waals surface area contributed by atoms with E-state index in [0.717, 1.165) is 21.7 Å². The van der Waals surface area contributed by atoms with Gasteiger partial charge in [0.25, 0.3) is 11.5 Å². The Morgan fingerprint density at radius 3 is 2.55 bits per heavy atom. The molecule has 7 rings (SSSR count). The number of fused-ring (bicyclic) bond motifs is 1. The van der Waals surface area contributed by atoms with Crippen LogP contribution in [0.15, 0.2) is 53.6 Å². The Morgan fingerprint density at radius 2 is 1.87 bits per heavy atom. The van der Waals surface area contributed by atoms with Gasteiger partial charge in [0.05, 0.1) is 30.3 Å². The van der Waals surface area contributed by atoms with E-state index in [-0.39, 0.29) is 72.3 Å². The number of aromatic nitrogens is 6. The minimum absolute atomic E-state index is 0.0894. The second-order valence-corrected chi connectivity index (χ2v) is 14.4. The van der Waals surface area contributed by atoms with Crippen LogP contribution in [0.5, 0.6) is 5.75 Å². The number of carbonyl (C=O) groups excluding carboxylic acids is 2. The highest BCUT2D eigenvalue weighted by Crippen LogP contribution is 2.41. The maximum Gasteiger partial charge on any atom is 0.425 e. The van der Waals surface area contributed by atoms with Crippen LogP contribution in [0.3, 0.4) is 0 Å². The van der Waals surface area contributed by atoms with Crippen molar-refractivity contribution >= 4 is 57.5 Å². The average molecular weight is 798 g/mol. The monoisotopic (exact) mass is 797 g/mol. The number of alkyl halides is 3. The van der Waals surface area contributed by atoms with Gasteiger partial charge >= 0.3 is 6.18 Å². The van der Waals surface area contributed by atoms with Gasteiger partial charge in [-0.25, -0.2) is 9.97 Å². The van der Waals surface area contributed by atoms with Gasteiger partial charge in [0.2, 0.25) is 11.7 Å². The number of nitrogens with zero attached hydrogens (tertiary/aromatic N) is 8. The van der Waals surface area contributed by atoms with Gasteiger partial charge in [-0.15, -0.1) is 16.4 Å². The van der Waals surface area contributed by atoms with E-state index in [1.807, 2.05) is 48.2 Å². The van der Waals surface area contributed by atoms with Crippen LogP contribution in [0.1, 0.15) is 51.5 Å². The summed E-state index contributed by atoms with van der Waals surface area (Å²) in [6, 6.07) is 10.3. The minimum Gasteiger partial charge on any atom is -0.485 e. The average Bonchev–Trinajstić information content (AvgIpc) is 3.80. The normalized spacial score (nSPS) is 15.0. The molecule has 288 valence electrons. The number of hydrogen-bond donors (Lipinski definition) is 1. The first kappa shape index (κ1) is 38.0. The fourth-order valence-electron chi connectivity index (χ4n) is 6.52. The van der Waals surface area contributed by atoms with Gasteiger partial charge in [-0.1, -0.05) is 54.9 Å². The first-order valence-electron chi connectivity index (χ1n) is 17.4. The van der Waals surface area contributed by atoms with E-state index < -0.39 is 29.1 Å². The van der Waals surface area contributed by atoms with E-state index >= 15 is 0 Å². The summed E-state index contributed by atoms with van der Waals surface area (Å²) >= 11 is 6.39. The van der Waals surface area contributed by atoms with Crippen molar-refractivity contribution in [2.45, 2.75) is 46.0 Å². The molecule has 1 saturated heterocycles. The van der Waals surface area contributed by atoms with Crippen LogP contribution in [0, 0.1) is 6.92 Å². The molecule has 1 N–H and O–H groups in total. The molecule has 2 aliphatic rings. The highest BCUT2D eigenvalue weighted by atomic mass is 35.5. The number of hydrogen-bond acceptors (Lipinski definition) is 11. The number of piperazine rings is 1. The van der Waals surface area contributed by atoms with Gasteiger partial charge in [-0.2, -0.15) is 22.7 Å². The summed E-state index contributed by atoms with van der Waals surface area (Å²) in [5, 5.41) is 7.04. The van der Waals surface area contributed by atoms with E-state index in [4.69, 9.17) is 21.1 Å². The second kappa shape index (κ2) is 15.8. The third-order valence-electron chi connectivity index (χ3n) is 9.25. The number of amides is 2. The number of nitrogens with one attached hydrogen (secondary N) is 1. The fourth-order valence-corrected chi connectivity index (χ4v) is 7.58. The molecule has 0 saturated carbocycles. The SMILES string of the molecule is CCc1c(N2CCN(C(=O)c3ncnc(C)c3OCc3ccccc3)CC2)c(=O)n2nc(C3=CCOCC3)nc2n1CC(=O)Nc1cc(C(F)(F)F)sc1Cl. The number of rotatable bonds is 10. The topological polar surface area (TPSA) is 149 Å². The lowest BCUT2D eigenvalue weighted by molar-refractivity contribution is -0.134. The van der Waals surface area contributed by atoms with Crippen LogP contribution in [-0.2, 0) is 35.3 Å². The lowest BCUT2D eigenvalue weighted by Gasteiger charge is -2.36. The van der Waals surface area contributed by atoms with Gasteiger partial charge in [-0.05, 0) is 37.0 Å². The van der Waals surface area contributed by atoms with Crippen molar-refractivity contribution in [2.24, 2.45) is 0 Å². The summed E-state index contributed by atoms with van der Waals surface area (Å²) in [6.45, 7) is 5.14. The number of carbonyl (C=O) groups is 2. The third-order valence-corrected chi connectivity index (χ3v) is 10.6. The van der Waals surface area contributed by atoms with Crippen molar-refractivity contribution in [2.75, 3.05) is 49.6 Å². The zero-order valence-corrected chi connectivity index (χ0v) is 31.3. The van der Waals surface area contributed by atoms with Gasteiger partial charge in [0, 0.05) is 26.2 Å². The summed E-state index contributed by atoms with van der Waals surface area (Å²) in [5.74, 6) is -0.356. The molecule has 6 heterocycles. The Labute approximate surface area is 321 Å². The standard InChI is InChI=1S/C36H35ClF3N9O5S/c1-3-25-29(46-11-13-47(14-12-46)33(51)28-30(21(2)41-20-42-28)54-19-22-7-5-4-6-8-22)34(52)49-35(44-32(45-49)23-9-15-53-16-10-23)48(25)18-27(50)43-24-17-26(36(38,39)40)55-31(24)37/h4-9,17,20H,3,10-16,18-19H2,1-2H3,(H,43,50). The van der Waals surface area contributed by atoms with E-state index in [2.05, 4.69) is 25.4 Å². The van der Waals surface area contributed by atoms with Crippen LogP contribution in [0.25, 0.3) is 11.4 Å². The fraction of sp³-hybridized carbons (Fsp3) is 0.361. The van der Waals surface area contributed by atoms with Crippen LogP contribution >= 0.6 is 22.9 Å². The lowest BCUT2D eigenvalue weighted by Crippen LogP contribution is -2.51. The Bertz CT molecular complexity index is 2340. The molecule has 0 aliphatic carbocycles. The van der Waals surface area contributed by atoms with Gasteiger partial charge in [0.15, 0.2) is 17.3 Å². The minimum atomic E-state index is -4.63. The molecule has 0 atom stereocenters. The molecule has 19 heteroatoms. The van der Waals surface area contributed by atoms with Crippen LogP contribution in [-0.4, -0.2) is 85.2 Å². The molecular weight excluding hydrogens is 763 g/mol. The van der Waals surface area contributed by atoms with Gasteiger partial charge < -0.3 is 29.2 Å². The van der Waals surface area contributed by atoms with Crippen molar-refractivity contribution in [1.29, 1.82) is 0 Å². The molecule has 1 aromatic carbocycles. The second-order valence-electron chi connectivity index (χ2n) is 12.8. The zero-order valence-electron chi connectivity index (χ0n) is 29.7. The lowest BCUT2D eigenvalue weighted by atomic mass is 10.1. The highest BCUT2D eigenvalue weighted by Gasteiger charge is 2.35. The highest BCUT2D eigenvalue weighted by molar-refractivity contribution is 7.17. The Hall–Kier alpha value is -5.33. The molecule has 14 nitrogen and oxygen atoms in total. The first-order valence-corrected chi connectivity index (χ1v) is 18.6. The summed E-state index contributed by atoms with van der Waals surface area (Å²) in [4.78, 5) is 57.4. The molecule has 2 aliphatic heterocycles. The quantitative estimate of drug-likeness (QED) is 0.198. The van der Waals surface area contributed by atoms with Gasteiger partial charge in [0.1, 0.15) is 34.4 Å². The number of ether oxygens (including phenoxy) is 2. The molecule has 5 aromatic rings. The van der Waals surface area contributed by atoms with E-state index in [9.17, 15) is 27.6 Å².